The molecule has 0 spiro atoms. The first-order valence-corrected chi connectivity index (χ1v) is 3.98. The van der Waals surface area contributed by atoms with Gasteiger partial charge in [0.2, 0.25) is 0 Å². The van der Waals surface area contributed by atoms with Crippen molar-refractivity contribution in [1.82, 2.24) is 0 Å². The van der Waals surface area contributed by atoms with E-state index >= 15 is 0 Å². The molecule has 1 heterocycles. The number of hydrogen-bond donors (Lipinski definition) is 0. The van der Waals surface area contributed by atoms with Gasteiger partial charge in [0.25, 0.3) is 0 Å². The van der Waals surface area contributed by atoms with E-state index in [0.29, 0.717) is 12.8 Å². The first-order chi connectivity index (χ1) is 5.24. The summed E-state index contributed by atoms with van der Waals surface area (Å²) >= 11 is 0. The van der Waals surface area contributed by atoms with Crippen LogP contribution in [0, 0.1) is 0 Å². The van der Waals surface area contributed by atoms with E-state index in [0.717, 1.165) is 6.29 Å². The maximum atomic E-state index is 10.0. The molecule has 0 amide bonds. The predicted molar refractivity (Wildman–Crippen MR) is 40.2 cm³/mol. The van der Waals surface area contributed by atoms with Crippen LogP contribution >= 0.6 is 0 Å². The Balaban J connectivity index is 2.23. The summed E-state index contributed by atoms with van der Waals surface area (Å²) in [6, 6.07) is 0. The minimum absolute atomic E-state index is 0.159. The molecule has 3 nitrogen and oxygen atoms in total. The molecule has 3 heteroatoms. The van der Waals surface area contributed by atoms with Gasteiger partial charge in [0.1, 0.15) is 6.29 Å². The summed E-state index contributed by atoms with van der Waals surface area (Å²) in [5, 5.41) is 0. The van der Waals surface area contributed by atoms with Crippen molar-refractivity contribution >= 4 is 6.29 Å². The fraction of sp³-hybridized carbons (Fsp3) is 0.875. The number of hydrogen-bond acceptors (Lipinski definition) is 3. The van der Waals surface area contributed by atoms with Crippen molar-refractivity contribution in [2.24, 2.45) is 0 Å². The van der Waals surface area contributed by atoms with Gasteiger partial charge in [0.15, 0.2) is 6.29 Å². The molecule has 1 aliphatic rings. The molecule has 0 radical (unpaired) electrons. The standard InChI is InChI=1S/C8H14O3/c1-6-7(2)11-8(10-6)4-3-5-9/h5-8H,3-4H2,1-2H3. The summed E-state index contributed by atoms with van der Waals surface area (Å²) < 4.78 is 10.8. The van der Waals surface area contributed by atoms with Crippen LogP contribution in [0.25, 0.3) is 0 Å². The quantitative estimate of drug-likeness (QED) is 0.577. The zero-order valence-electron chi connectivity index (χ0n) is 6.95. The van der Waals surface area contributed by atoms with Crippen molar-refractivity contribution in [3.05, 3.63) is 0 Å². The lowest BCUT2D eigenvalue weighted by molar-refractivity contribution is -0.111. The van der Waals surface area contributed by atoms with Crippen molar-refractivity contribution in [2.75, 3.05) is 0 Å². The Morgan fingerprint density at radius 2 is 1.82 bits per heavy atom. The molecular formula is C8H14O3. The molecule has 11 heavy (non-hydrogen) atoms. The second kappa shape index (κ2) is 3.83. The molecule has 0 aromatic carbocycles. The van der Waals surface area contributed by atoms with E-state index in [9.17, 15) is 4.79 Å². The molecule has 2 unspecified atom stereocenters. The van der Waals surface area contributed by atoms with Gasteiger partial charge >= 0.3 is 0 Å². The Labute approximate surface area is 66.7 Å². The van der Waals surface area contributed by atoms with Crippen LogP contribution in [0.2, 0.25) is 0 Å². The maximum Gasteiger partial charge on any atom is 0.158 e. The Morgan fingerprint density at radius 3 is 2.27 bits per heavy atom. The van der Waals surface area contributed by atoms with E-state index in [1.165, 1.54) is 0 Å². The number of aldehydes is 1. The fourth-order valence-corrected chi connectivity index (χ4v) is 1.07. The molecule has 0 bridgehead atoms. The highest BCUT2D eigenvalue weighted by atomic mass is 16.7. The minimum Gasteiger partial charge on any atom is -0.347 e. The van der Waals surface area contributed by atoms with Crippen LogP contribution in [0.5, 0.6) is 0 Å². The van der Waals surface area contributed by atoms with E-state index in [4.69, 9.17) is 9.47 Å². The summed E-state index contributed by atoms with van der Waals surface area (Å²) in [5.74, 6) is 0. The van der Waals surface area contributed by atoms with Crippen LogP contribution in [0.4, 0.5) is 0 Å². The van der Waals surface area contributed by atoms with Crippen molar-refractivity contribution in [2.45, 2.75) is 45.2 Å². The Kier molecular flexibility index (Phi) is 3.02. The Morgan fingerprint density at radius 1 is 1.27 bits per heavy atom. The van der Waals surface area contributed by atoms with Crippen molar-refractivity contribution in [3.63, 3.8) is 0 Å². The van der Waals surface area contributed by atoms with Gasteiger partial charge in [-0.25, -0.2) is 0 Å². The zero-order valence-corrected chi connectivity index (χ0v) is 6.95. The van der Waals surface area contributed by atoms with E-state index in [1.807, 2.05) is 13.8 Å². The van der Waals surface area contributed by atoms with Crippen LogP contribution in [-0.4, -0.2) is 24.8 Å². The van der Waals surface area contributed by atoms with Crippen molar-refractivity contribution in [3.8, 4) is 0 Å². The van der Waals surface area contributed by atoms with Crippen LogP contribution in [0.15, 0.2) is 0 Å². The minimum atomic E-state index is -0.162. The summed E-state index contributed by atoms with van der Waals surface area (Å²) in [7, 11) is 0. The fourth-order valence-electron chi connectivity index (χ4n) is 1.07. The van der Waals surface area contributed by atoms with Crippen LogP contribution in [-0.2, 0) is 14.3 Å². The van der Waals surface area contributed by atoms with Crippen LogP contribution in [0.1, 0.15) is 26.7 Å². The van der Waals surface area contributed by atoms with Gasteiger partial charge in [0.05, 0.1) is 12.2 Å². The summed E-state index contributed by atoms with van der Waals surface area (Å²) in [5.41, 5.74) is 0. The predicted octanol–water partition coefficient (Wildman–Crippen LogP) is 1.12. The van der Waals surface area contributed by atoms with Gasteiger partial charge in [-0.1, -0.05) is 0 Å². The van der Waals surface area contributed by atoms with E-state index in [2.05, 4.69) is 0 Å². The van der Waals surface area contributed by atoms with Crippen LogP contribution in [0.3, 0.4) is 0 Å². The molecule has 0 aromatic heterocycles. The third-order valence-corrected chi connectivity index (χ3v) is 1.91. The summed E-state index contributed by atoms with van der Waals surface area (Å²) in [4.78, 5) is 10.0. The van der Waals surface area contributed by atoms with Gasteiger partial charge in [-0.3, -0.25) is 0 Å². The molecule has 1 fully saturated rings. The molecule has 0 aliphatic carbocycles. The molecule has 1 saturated heterocycles. The molecule has 1 aliphatic heterocycles. The lowest BCUT2D eigenvalue weighted by atomic mass is 10.3. The Hall–Kier alpha value is -0.410. The average Bonchev–Trinajstić information content (AvgIpc) is 2.28. The monoisotopic (exact) mass is 158 g/mol. The molecular weight excluding hydrogens is 144 g/mol. The highest BCUT2D eigenvalue weighted by molar-refractivity contribution is 5.49. The molecule has 64 valence electrons. The smallest absolute Gasteiger partial charge is 0.158 e. The van der Waals surface area contributed by atoms with E-state index in [-0.39, 0.29) is 18.5 Å². The lowest BCUT2D eigenvalue weighted by Gasteiger charge is -2.05. The summed E-state index contributed by atoms with van der Waals surface area (Å²) in [6.07, 6.45) is 2.24. The topological polar surface area (TPSA) is 35.5 Å². The van der Waals surface area contributed by atoms with Crippen LogP contribution < -0.4 is 0 Å². The first kappa shape index (κ1) is 8.68. The van der Waals surface area contributed by atoms with E-state index < -0.39 is 0 Å². The largest absolute Gasteiger partial charge is 0.347 e. The normalized spacial score (nSPS) is 37.5. The van der Waals surface area contributed by atoms with Gasteiger partial charge in [-0.05, 0) is 13.8 Å². The highest BCUT2D eigenvalue weighted by Crippen LogP contribution is 2.20. The van der Waals surface area contributed by atoms with Gasteiger partial charge in [0, 0.05) is 12.8 Å². The average molecular weight is 158 g/mol. The van der Waals surface area contributed by atoms with Crippen molar-refractivity contribution in [1.29, 1.82) is 0 Å². The maximum absolute atomic E-state index is 10.0. The number of rotatable bonds is 3. The lowest BCUT2D eigenvalue weighted by Crippen LogP contribution is -2.13. The second-order valence-electron chi connectivity index (χ2n) is 2.86. The Bertz CT molecular complexity index is 125. The molecule has 0 saturated carbocycles. The number of carbonyl (C=O) groups excluding carboxylic acids is 1. The SMILES string of the molecule is CC1OC(CCC=O)OC1C. The van der Waals surface area contributed by atoms with E-state index in [1.54, 1.807) is 0 Å². The van der Waals surface area contributed by atoms with Crippen molar-refractivity contribution < 1.29 is 14.3 Å². The first-order valence-electron chi connectivity index (χ1n) is 3.98. The number of ether oxygens (including phenoxy) is 2. The highest BCUT2D eigenvalue weighted by Gasteiger charge is 2.28. The third kappa shape index (κ3) is 2.27. The molecule has 1 rings (SSSR count). The number of carbonyl (C=O) groups is 1. The van der Waals surface area contributed by atoms with Gasteiger partial charge < -0.3 is 14.3 Å². The molecule has 0 aromatic rings. The summed E-state index contributed by atoms with van der Waals surface area (Å²) in [6.45, 7) is 3.96. The molecule has 0 N–H and O–H groups in total. The van der Waals surface area contributed by atoms with Gasteiger partial charge in [-0.2, -0.15) is 0 Å². The second-order valence-corrected chi connectivity index (χ2v) is 2.86. The third-order valence-electron chi connectivity index (χ3n) is 1.91. The van der Waals surface area contributed by atoms with Gasteiger partial charge in [-0.15, -0.1) is 0 Å². The zero-order chi connectivity index (χ0) is 8.27. The molecule has 2 atom stereocenters.